The van der Waals surface area contributed by atoms with E-state index in [1.807, 2.05) is 6.92 Å². The van der Waals surface area contributed by atoms with E-state index >= 15 is 0 Å². The fraction of sp³-hybridized carbons (Fsp3) is 0.500. The third kappa shape index (κ3) is 4.49. The monoisotopic (exact) mass is 306 g/mol. The summed E-state index contributed by atoms with van der Waals surface area (Å²) < 4.78 is 0. The van der Waals surface area contributed by atoms with Crippen LogP contribution in [-0.4, -0.2) is 40.9 Å². The van der Waals surface area contributed by atoms with Gasteiger partial charge in [-0.2, -0.15) is 0 Å². The van der Waals surface area contributed by atoms with E-state index in [4.69, 9.17) is 0 Å². The summed E-state index contributed by atoms with van der Waals surface area (Å²) in [4.78, 5) is 25.1. The van der Waals surface area contributed by atoms with Gasteiger partial charge in [-0.1, -0.05) is 23.8 Å². The molecule has 4 nitrogen and oxygen atoms in total. The number of benzene rings is 1. The van der Waals surface area contributed by atoms with Crippen molar-refractivity contribution in [1.82, 2.24) is 10.2 Å². The first-order valence-corrected chi connectivity index (χ1v) is 8.32. The van der Waals surface area contributed by atoms with E-state index < -0.39 is 0 Å². The molecular weight excluding hydrogens is 284 g/mol. The highest BCUT2D eigenvalue weighted by Crippen LogP contribution is 2.15. The molecule has 2 rings (SSSR count). The van der Waals surface area contributed by atoms with Crippen LogP contribution >= 0.6 is 11.8 Å². The van der Waals surface area contributed by atoms with E-state index in [2.05, 4.69) is 37.4 Å². The lowest BCUT2D eigenvalue weighted by Gasteiger charge is -2.19. The minimum atomic E-state index is -0.0804. The third-order valence-electron chi connectivity index (χ3n) is 3.59. The minimum absolute atomic E-state index is 0.0529. The molecule has 0 spiro atoms. The van der Waals surface area contributed by atoms with Crippen LogP contribution < -0.4 is 5.32 Å². The second-order valence-corrected chi connectivity index (χ2v) is 6.63. The number of nitrogens with one attached hydrogen (secondary N) is 1. The van der Waals surface area contributed by atoms with Crippen molar-refractivity contribution in [3.63, 3.8) is 0 Å². The number of hydrogen-bond donors (Lipinski definition) is 1. The first-order chi connectivity index (χ1) is 9.95. The SMILES string of the molecule is Cc1ccc(CC(C)NC(=O)CN2CSCC2=O)c(C)c1. The number of aryl methyl sites for hydroxylation is 2. The number of hydrogen-bond acceptors (Lipinski definition) is 3. The van der Waals surface area contributed by atoms with Gasteiger partial charge >= 0.3 is 0 Å². The Morgan fingerprint density at radius 2 is 2.19 bits per heavy atom. The van der Waals surface area contributed by atoms with Gasteiger partial charge in [0.15, 0.2) is 0 Å². The predicted octanol–water partition coefficient (Wildman–Crippen LogP) is 1.88. The van der Waals surface area contributed by atoms with Crippen molar-refractivity contribution in [3.8, 4) is 0 Å². The maximum Gasteiger partial charge on any atom is 0.239 e. The van der Waals surface area contributed by atoms with E-state index in [1.165, 1.54) is 16.7 Å². The summed E-state index contributed by atoms with van der Waals surface area (Å²) >= 11 is 1.55. The lowest BCUT2D eigenvalue weighted by molar-refractivity contribution is -0.132. The van der Waals surface area contributed by atoms with Gasteiger partial charge in [-0.25, -0.2) is 0 Å². The van der Waals surface area contributed by atoms with Crippen LogP contribution in [0.2, 0.25) is 0 Å². The molecule has 1 atom stereocenters. The van der Waals surface area contributed by atoms with E-state index in [9.17, 15) is 9.59 Å². The molecule has 1 heterocycles. The van der Waals surface area contributed by atoms with Crippen LogP contribution in [0.1, 0.15) is 23.6 Å². The van der Waals surface area contributed by atoms with Gasteiger partial charge in [0.1, 0.15) is 6.54 Å². The molecule has 1 aromatic carbocycles. The molecule has 1 aromatic rings. The summed E-state index contributed by atoms with van der Waals surface area (Å²) in [6.45, 7) is 6.34. The fourth-order valence-electron chi connectivity index (χ4n) is 2.49. The lowest BCUT2D eigenvalue weighted by Crippen LogP contribution is -2.42. The minimum Gasteiger partial charge on any atom is -0.352 e. The Hall–Kier alpha value is -1.49. The van der Waals surface area contributed by atoms with Crippen molar-refractivity contribution in [2.75, 3.05) is 18.2 Å². The molecule has 1 aliphatic rings. The molecule has 5 heteroatoms. The van der Waals surface area contributed by atoms with Gasteiger partial charge in [-0.15, -0.1) is 11.8 Å². The van der Waals surface area contributed by atoms with E-state index in [1.54, 1.807) is 16.7 Å². The summed E-state index contributed by atoms with van der Waals surface area (Å²) in [6.07, 6.45) is 0.806. The van der Waals surface area contributed by atoms with E-state index in [0.717, 1.165) is 6.42 Å². The highest BCUT2D eigenvalue weighted by molar-refractivity contribution is 8.00. The number of nitrogens with zero attached hydrogens (tertiary/aromatic N) is 1. The number of amides is 2. The molecule has 0 bridgehead atoms. The molecule has 1 fully saturated rings. The van der Waals surface area contributed by atoms with Crippen molar-refractivity contribution in [2.45, 2.75) is 33.2 Å². The molecule has 1 N–H and O–H groups in total. The molecule has 0 radical (unpaired) electrons. The Morgan fingerprint density at radius 3 is 2.81 bits per heavy atom. The summed E-state index contributed by atoms with van der Waals surface area (Å²) in [6, 6.07) is 6.43. The second kappa shape index (κ2) is 6.98. The van der Waals surface area contributed by atoms with Crippen LogP contribution in [0.3, 0.4) is 0 Å². The maximum absolute atomic E-state index is 12.0. The van der Waals surface area contributed by atoms with Crippen molar-refractivity contribution in [3.05, 3.63) is 34.9 Å². The van der Waals surface area contributed by atoms with Crippen LogP contribution in [0.25, 0.3) is 0 Å². The van der Waals surface area contributed by atoms with Gasteiger partial charge in [0, 0.05) is 6.04 Å². The van der Waals surface area contributed by atoms with Gasteiger partial charge in [0.05, 0.1) is 11.6 Å². The van der Waals surface area contributed by atoms with Crippen LogP contribution in [0.5, 0.6) is 0 Å². The van der Waals surface area contributed by atoms with Crippen molar-refractivity contribution in [1.29, 1.82) is 0 Å². The Kier molecular flexibility index (Phi) is 5.28. The number of thioether (sulfide) groups is 1. The van der Waals surface area contributed by atoms with Gasteiger partial charge in [-0.3, -0.25) is 9.59 Å². The zero-order valence-corrected chi connectivity index (χ0v) is 13.6. The Balaban J connectivity index is 1.84. The van der Waals surface area contributed by atoms with Crippen LogP contribution in [-0.2, 0) is 16.0 Å². The standard InChI is InChI=1S/C16H22N2O2S/c1-11-4-5-14(12(2)6-11)7-13(3)17-15(19)8-18-10-21-9-16(18)20/h4-6,13H,7-10H2,1-3H3,(H,17,19). The van der Waals surface area contributed by atoms with Crippen molar-refractivity contribution in [2.24, 2.45) is 0 Å². The first-order valence-electron chi connectivity index (χ1n) is 7.16. The first kappa shape index (κ1) is 15.9. The largest absolute Gasteiger partial charge is 0.352 e. The molecule has 1 aliphatic heterocycles. The molecule has 0 aliphatic carbocycles. The average molecular weight is 306 g/mol. The van der Waals surface area contributed by atoms with Crippen LogP contribution in [0.4, 0.5) is 0 Å². The normalized spacial score (nSPS) is 16.1. The molecule has 1 saturated heterocycles. The van der Waals surface area contributed by atoms with Gasteiger partial charge in [0.25, 0.3) is 0 Å². The second-order valence-electron chi connectivity index (χ2n) is 5.67. The van der Waals surface area contributed by atoms with Crippen molar-refractivity contribution >= 4 is 23.6 Å². The summed E-state index contributed by atoms with van der Waals surface area (Å²) in [5.74, 6) is 1.09. The lowest BCUT2D eigenvalue weighted by atomic mass is 10.00. The number of carbonyl (C=O) groups excluding carboxylic acids is 2. The fourth-order valence-corrected chi connectivity index (χ4v) is 3.39. The topological polar surface area (TPSA) is 49.4 Å². The zero-order chi connectivity index (χ0) is 15.4. The van der Waals surface area contributed by atoms with E-state index in [-0.39, 0.29) is 24.4 Å². The molecule has 114 valence electrons. The van der Waals surface area contributed by atoms with Crippen LogP contribution in [0, 0.1) is 13.8 Å². The molecular formula is C16H22N2O2S. The zero-order valence-electron chi connectivity index (χ0n) is 12.8. The van der Waals surface area contributed by atoms with E-state index in [0.29, 0.717) is 11.6 Å². The maximum atomic E-state index is 12.0. The Labute approximate surface area is 130 Å². The number of carbonyl (C=O) groups is 2. The third-order valence-corrected chi connectivity index (χ3v) is 4.54. The summed E-state index contributed by atoms with van der Waals surface area (Å²) in [5.41, 5.74) is 3.75. The highest BCUT2D eigenvalue weighted by Gasteiger charge is 2.23. The molecule has 0 aromatic heterocycles. The Morgan fingerprint density at radius 1 is 1.43 bits per heavy atom. The summed E-state index contributed by atoms with van der Waals surface area (Å²) in [7, 11) is 0. The predicted molar refractivity (Wildman–Crippen MR) is 86.3 cm³/mol. The molecule has 21 heavy (non-hydrogen) atoms. The highest BCUT2D eigenvalue weighted by atomic mass is 32.2. The van der Waals surface area contributed by atoms with Gasteiger partial charge in [0.2, 0.25) is 11.8 Å². The van der Waals surface area contributed by atoms with Crippen molar-refractivity contribution < 1.29 is 9.59 Å². The molecule has 0 saturated carbocycles. The van der Waals surface area contributed by atoms with Gasteiger partial charge < -0.3 is 10.2 Å². The molecule has 1 unspecified atom stereocenters. The smallest absolute Gasteiger partial charge is 0.239 e. The average Bonchev–Trinajstić information content (AvgIpc) is 2.78. The number of rotatable bonds is 5. The quantitative estimate of drug-likeness (QED) is 0.903. The van der Waals surface area contributed by atoms with Crippen LogP contribution in [0.15, 0.2) is 18.2 Å². The molecule has 2 amide bonds. The summed E-state index contributed by atoms with van der Waals surface area (Å²) in [5, 5.41) is 2.98. The van der Waals surface area contributed by atoms with Gasteiger partial charge in [-0.05, 0) is 38.3 Å². The Bertz CT molecular complexity index is 545.